The highest BCUT2D eigenvalue weighted by atomic mass is 32.1. The molecular formula is C19H19N3O3S. The molecule has 0 radical (unpaired) electrons. The van der Waals surface area contributed by atoms with E-state index in [0.29, 0.717) is 16.1 Å². The first-order valence-electron chi connectivity index (χ1n) is 8.63. The van der Waals surface area contributed by atoms with Gasteiger partial charge < -0.3 is 10.6 Å². The Morgan fingerprint density at radius 1 is 1.19 bits per heavy atom. The number of hydrogen-bond acceptors (Lipinski definition) is 4. The standard InChI is InChI=1S/C19H19N3O3S/c1-19(17(24)21-18(25)22-19)12-6-4-7-13(10-12)20-16(23)15-9-11-5-2-3-8-14(11)26-15/h4,6-7,9-10H,2-3,5,8H2,1H3,(H,20,23)(H2,21,22,24,25)/t19-/m1/s1. The Morgan fingerprint density at radius 2 is 2.00 bits per heavy atom. The van der Waals surface area contributed by atoms with Crippen LogP contribution in [-0.4, -0.2) is 17.8 Å². The van der Waals surface area contributed by atoms with Crippen molar-refractivity contribution in [1.29, 1.82) is 0 Å². The summed E-state index contributed by atoms with van der Waals surface area (Å²) >= 11 is 1.56. The summed E-state index contributed by atoms with van der Waals surface area (Å²) in [6.07, 6.45) is 4.46. The Balaban J connectivity index is 1.56. The molecule has 2 aliphatic rings. The van der Waals surface area contributed by atoms with Crippen LogP contribution in [0.25, 0.3) is 0 Å². The number of amides is 4. The van der Waals surface area contributed by atoms with Crippen molar-refractivity contribution in [1.82, 2.24) is 10.6 Å². The minimum Gasteiger partial charge on any atom is -0.321 e. The summed E-state index contributed by atoms with van der Waals surface area (Å²) in [7, 11) is 0. The maximum Gasteiger partial charge on any atom is 0.322 e. The quantitative estimate of drug-likeness (QED) is 0.727. The molecule has 3 N–H and O–H groups in total. The van der Waals surface area contributed by atoms with Crippen LogP contribution in [-0.2, 0) is 23.2 Å². The van der Waals surface area contributed by atoms with E-state index in [2.05, 4.69) is 16.0 Å². The fraction of sp³-hybridized carbons (Fsp3) is 0.316. The molecule has 1 aromatic heterocycles. The molecule has 1 atom stereocenters. The van der Waals surface area contributed by atoms with E-state index in [1.54, 1.807) is 42.5 Å². The lowest BCUT2D eigenvalue weighted by Crippen LogP contribution is -2.40. The minimum atomic E-state index is -1.14. The molecule has 0 spiro atoms. The van der Waals surface area contributed by atoms with Gasteiger partial charge in [-0.2, -0.15) is 0 Å². The van der Waals surface area contributed by atoms with Crippen molar-refractivity contribution in [2.75, 3.05) is 5.32 Å². The third kappa shape index (κ3) is 2.88. The van der Waals surface area contributed by atoms with E-state index in [4.69, 9.17) is 0 Å². The summed E-state index contributed by atoms with van der Waals surface area (Å²) in [5.41, 5.74) is 1.36. The summed E-state index contributed by atoms with van der Waals surface area (Å²) in [6, 6.07) is 8.47. The molecule has 4 amide bonds. The largest absolute Gasteiger partial charge is 0.322 e. The topological polar surface area (TPSA) is 87.3 Å². The third-order valence-corrected chi connectivity index (χ3v) is 6.20. The maximum atomic E-state index is 12.6. The molecule has 0 saturated carbocycles. The van der Waals surface area contributed by atoms with E-state index in [9.17, 15) is 14.4 Å². The molecule has 1 aromatic carbocycles. The van der Waals surface area contributed by atoms with E-state index in [0.717, 1.165) is 12.8 Å². The van der Waals surface area contributed by atoms with Crippen molar-refractivity contribution < 1.29 is 14.4 Å². The van der Waals surface area contributed by atoms with Crippen molar-refractivity contribution in [3.8, 4) is 0 Å². The van der Waals surface area contributed by atoms with Gasteiger partial charge in [-0.1, -0.05) is 12.1 Å². The third-order valence-electron chi connectivity index (χ3n) is 4.96. The van der Waals surface area contributed by atoms with Gasteiger partial charge in [0.2, 0.25) is 0 Å². The van der Waals surface area contributed by atoms with Crippen molar-refractivity contribution in [3.63, 3.8) is 0 Å². The van der Waals surface area contributed by atoms with Gasteiger partial charge in [-0.05, 0) is 61.9 Å². The summed E-state index contributed by atoms with van der Waals surface area (Å²) in [5.74, 6) is -0.552. The van der Waals surface area contributed by atoms with Crippen LogP contribution in [0.3, 0.4) is 0 Å². The summed E-state index contributed by atoms with van der Waals surface area (Å²) in [4.78, 5) is 38.2. The fourth-order valence-electron chi connectivity index (χ4n) is 3.45. The van der Waals surface area contributed by atoms with Crippen LogP contribution in [0, 0.1) is 0 Å². The van der Waals surface area contributed by atoms with Crippen molar-refractivity contribution in [2.45, 2.75) is 38.1 Å². The number of carbonyl (C=O) groups excluding carboxylic acids is 3. The molecule has 4 rings (SSSR count). The van der Waals surface area contributed by atoms with Gasteiger partial charge in [0.05, 0.1) is 4.88 Å². The number of imide groups is 1. The number of rotatable bonds is 3. The number of fused-ring (bicyclic) bond motifs is 1. The molecule has 134 valence electrons. The average molecular weight is 369 g/mol. The van der Waals surface area contributed by atoms with Gasteiger partial charge in [0, 0.05) is 10.6 Å². The van der Waals surface area contributed by atoms with Gasteiger partial charge in [0.25, 0.3) is 11.8 Å². The van der Waals surface area contributed by atoms with Crippen LogP contribution in [0.5, 0.6) is 0 Å². The zero-order chi connectivity index (χ0) is 18.3. The minimum absolute atomic E-state index is 0.147. The number of anilines is 1. The second kappa shape index (κ2) is 6.25. The van der Waals surface area contributed by atoms with Crippen molar-refractivity contribution in [3.05, 3.63) is 51.2 Å². The lowest BCUT2D eigenvalue weighted by Gasteiger charge is -2.21. The van der Waals surface area contributed by atoms with Crippen LogP contribution in [0.1, 0.15) is 45.4 Å². The Bertz CT molecular complexity index is 897. The number of aryl methyl sites for hydroxylation is 2. The number of benzene rings is 1. The Morgan fingerprint density at radius 3 is 2.73 bits per heavy atom. The van der Waals surface area contributed by atoms with Crippen LogP contribution >= 0.6 is 11.3 Å². The highest BCUT2D eigenvalue weighted by Gasteiger charge is 2.43. The maximum absolute atomic E-state index is 12.6. The predicted octanol–water partition coefficient (Wildman–Crippen LogP) is 2.93. The van der Waals surface area contributed by atoms with Crippen LogP contribution in [0.4, 0.5) is 10.5 Å². The van der Waals surface area contributed by atoms with Gasteiger partial charge in [0.1, 0.15) is 5.54 Å². The van der Waals surface area contributed by atoms with Gasteiger partial charge >= 0.3 is 6.03 Å². The highest BCUT2D eigenvalue weighted by Crippen LogP contribution is 2.31. The molecule has 2 aromatic rings. The molecular weight excluding hydrogens is 350 g/mol. The first-order chi connectivity index (χ1) is 12.5. The second-order valence-electron chi connectivity index (χ2n) is 6.83. The molecule has 1 fully saturated rings. The first kappa shape index (κ1) is 16.8. The average Bonchev–Trinajstić information content (AvgIpc) is 3.16. The van der Waals surface area contributed by atoms with E-state index in [1.165, 1.54) is 23.3 Å². The molecule has 1 aliphatic carbocycles. The van der Waals surface area contributed by atoms with Crippen LogP contribution in [0.15, 0.2) is 30.3 Å². The molecule has 26 heavy (non-hydrogen) atoms. The van der Waals surface area contributed by atoms with Crippen molar-refractivity contribution in [2.24, 2.45) is 0 Å². The lowest BCUT2D eigenvalue weighted by molar-refractivity contribution is -0.123. The first-order valence-corrected chi connectivity index (χ1v) is 9.44. The van der Waals surface area contributed by atoms with Gasteiger partial charge in [-0.25, -0.2) is 4.79 Å². The Kier molecular flexibility index (Phi) is 4.03. The zero-order valence-electron chi connectivity index (χ0n) is 14.3. The Hall–Kier alpha value is -2.67. The number of urea groups is 1. The monoisotopic (exact) mass is 369 g/mol. The number of carbonyl (C=O) groups is 3. The second-order valence-corrected chi connectivity index (χ2v) is 7.97. The zero-order valence-corrected chi connectivity index (χ0v) is 15.2. The molecule has 6 nitrogen and oxygen atoms in total. The highest BCUT2D eigenvalue weighted by molar-refractivity contribution is 7.14. The number of nitrogens with one attached hydrogen (secondary N) is 3. The number of thiophene rings is 1. The summed E-state index contributed by atoms with van der Waals surface area (Å²) in [5, 5.41) is 7.78. The van der Waals surface area contributed by atoms with E-state index >= 15 is 0 Å². The van der Waals surface area contributed by atoms with E-state index in [-0.39, 0.29) is 5.91 Å². The van der Waals surface area contributed by atoms with E-state index < -0.39 is 17.5 Å². The molecule has 1 saturated heterocycles. The molecule has 0 unspecified atom stereocenters. The predicted molar refractivity (Wildman–Crippen MR) is 99.4 cm³/mol. The number of hydrogen-bond donors (Lipinski definition) is 3. The molecule has 1 aliphatic heterocycles. The fourth-order valence-corrected chi connectivity index (χ4v) is 4.60. The van der Waals surface area contributed by atoms with Crippen molar-refractivity contribution >= 4 is 34.9 Å². The molecule has 0 bridgehead atoms. The van der Waals surface area contributed by atoms with E-state index in [1.807, 2.05) is 6.07 Å². The lowest BCUT2D eigenvalue weighted by atomic mass is 9.92. The normalized spacial score (nSPS) is 21.7. The van der Waals surface area contributed by atoms with Gasteiger partial charge in [0.15, 0.2) is 0 Å². The SMILES string of the molecule is C[C@]1(c2cccc(NC(=O)c3cc4c(s3)CCCC4)c2)NC(=O)NC1=O. The van der Waals surface area contributed by atoms with Crippen LogP contribution in [0.2, 0.25) is 0 Å². The summed E-state index contributed by atoms with van der Waals surface area (Å²) < 4.78 is 0. The Labute approximate surface area is 155 Å². The summed E-state index contributed by atoms with van der Waals surface area (Å²) in [6.45, 7) is 1.64. The van der Waals surface area contributed by atoms with Gasteiger partial charge in [-0.15, -0.1) is 11.3 Å². The molecule has 2 heterocycles. The molecule has 7 heteroatoms. The van der Waals surface area contributed by atoms with Gasteiger partial charge in [-0.3, -0.25) is 14.9 Å². The van der Waals surface area contributed by atoms with Crippen LogP contribution < -0.4 is 16.0 Å². The smallest absolute Gasteiger partial charge is 0.321 e.